The Balaban J connectivity index is 2.38. The molecule has 92 valence electrons. The Morgan fingerprint density at radius 1 is 1.44 bits per heavy atom. The molecule has 0 unspecified atom stereocenters. The van der Waals surface area contributed by atoms with Crippen molar-refractivity contribution in [3.8, 4) is 0 Å². The molecular formula is C13H11FN2O2. The Hall–Kier alpha value is -2.17. The van der Waals surface area contributed by atoms with Gasteiger partial charge in [0.25, 0.3) is 0 Å². The molecule has 1 aromatic heterocycles. The summed E-state index contributed by atoms with van der Waals surface area (Å²) in [5.74, 6) is -1.47. The number of H-pyrrole nitrogens is 1. The molecule has 1 amide bonds. The molecule has 0 saturated carbocycles. The van der Waals surface area contributed by atoms with Gasteiger partial charge in [-0.05, 0) is 25.0 Å². The fourth-order valence-corrected chi connectivity index (χ4v) is 2.62. The Labute approximate surface area is 102 Å². The van der Waals surface area contributed by atoms with Gasteiger partial charge in [-0.3, -0.25) is 9.59 Å². The molecule has 1 atom stereocenters. The van der Waals surface area contributed by atoms with Crippen LogP contribution in [0.2, 0.25) is 0 Å². The number of amides is 1. The van der Waals surface area contributed by atoms with E-state index in [2.05, 4.69) is 4.98 Å². The number of rotatable bonds is 1. The lowest BCUT2D eigenvalue weighted by molar-refractivity contribution is -0.119. The van der Waals surface area contributed by atoms with E-state index in [1.807, 2.05) is 0 Å². The maximum atomic E-state index is 13.7. The second-order valence-electron chi connectivity index (χ2n) is 4.50. The van der Waals surface area contributed by atoms with E-state index in [0.29, 0.717) is 29.6 Å². The normalized spacial score (nSPS) is 17.9. The van der Waals surface area contributed by atoms with Gasteiger partial charge in [0.2, 0.25) is 5.91 Å². The first-order chi connectivity index (χ1) is 8.59. The van der Waals surface area contributed by atoms with Crippen LogP contribution in [0.3, 0.4) is 0 Å². The number of carbonyl (C=O) groups excluding carboxylic acids is 1. The highest BCUT2D eigenvalue weighted by atomic mass is 19.1. The van der Waals surface area contributed by atoms with Crippen molar-refractivity contribution in [2.45, 2.75) is 18.8 Å². The largest absolute Gasteiger partial charge is 0.369 e. The van der Waals surface area contributed by atoms with Gasteiger partial charge < -0.3 is 10.7 Å². The number of benzene rings is 1. The quantitative estimate of drug-likeness (QED) is 0.792. The third kappa shape index (κ3) is 1.37. The number of carbonyl (C=O) groups is 1. The van der Waals surface area contributed by atoms with Gasteiger partial charge >= 0.3 is 0 Å². The second kappa shape index (κ2) is 3.66. The monoisotopic (exact) mass is 246 g/mol. The van der Waals surface area contributed by atoms with Crippen LogP contribution in [0.1, 0.15) is 23.6 Å². The summed E-state index contributed by atoms with van der Waals surface area (Å²) >= 11 is 0. The highest BCUT2D eigenvalue weighted by Gasteiger charge is 2.30. The minimum absolute atomic E-state index is 0.0568. The molecule has 1 aromatic carbocycles. The molecular weight excluding hydrogens is 235 g/mol. The summed E-state index contributed by atoms with van der Waals surface area (Å²) in [7, 11) is 0. The van der Waals surface area contributed by atoms with E-state index in [9.17, 15) is 14.0 Å². The first-order valence-corrected chi connectivity index (χ1v) is 5.72. The number of hydrogen-bond acceptors (Lipinski definition) is 2. The smallest absolute Gasteiger partial charge is 0.226 e. The van der Waals surface area contributed by atoms with Crippen LogP contribution >= 0.6 is 0 Å². The van der Waals surface area contributed by atoms with Crippen LogP contribution in [0.25, 0.3) is 10.9 Å². The molecule has 18 heavy (non-hydrogen) atoms. The van der Waals surface area contributed by atoms with Crippen molar-refractivity contribution in [1.82, 2.24) is 4.98 Å². The molecule has 1 aliphatic carbocycles. The van der Waals surface area contributed by atoms with Crippen LogP contribution in [0.5, 0.6) is 0 Å². The Morgan fingerprint density at radius 2 is 2.22 bits per heavy atom. The summed E-state index contributed by atoms with van der Waals surface area (Å²) in [6.45, 7) is 0. The van der Waals surface area contributed by atoms with E-state index in [4.69, 9.17) is 5.73 Å². The number of fused-ring (bicyclic) bond motifs is 2. The fourth-order valence-electron chi connectivity index (χ4n) is 2.62. The molecule has 0 saturated heterocycles. The molecule has 0 spiro atoms. The third-order valence-corrected chi connectivity index (χ3v) is 3.48. The van der Waals surface area contributed by atoms with Crippen molar-refractivity contribution in [3.05, 3.63) is 45.5 Å². The van der Waals surface area contributed by atoms with Crippen molar-refractivity contribution in [3.63, 3.8) is 0 Å². The number of halogens is 1. The zero-order valence-corrected chi connectivity index (χ0v) is 9.50. The van der Waals surface area contributed by atoms with Gasteiger partial charge in [-0.2, -0.15) is 0 Å². The molecule has 0 bridgehead atoms. The summed E-state index contributed by atoms with van der Waals surface area (Å²) < 4.78 is 13.7. The van der Waals surface area contributed by atoms with Crippen molar-refractivity contribution in [1.29, 1.82) is 0 Å². The average Bonchev–Trinajstić information content (AvgIpc) is 2.73. The van der Waals surface area contributed by atoms with Gasteiger partial charge in [-0.25, -0.2) is 4.39 Å². The summed E-state index contributed by atoms with van der Waals surface area (Å²) in [6, 6.07) is 4.40. The molecule has 1 heterocycles. The first kappa shape index (κ1) is 11.0. The second-order valence-corrected chi connectivity index (χ2v) is 4.50. The van der Waals surface area contributed by atoms with Crippen LogP contribution in [-0.2, 0) is 11.2 Å². The van der Waals surface area contributed by atoms with Crippen molar-refractivity contribution in [2.75, 3.05) is 0 Å². The predicted octanol–water partition coefficient (Wildman–Crippen LogP) is 1.18. The number of hydrogen-bond donors (Lipinski definition) is 2. The van der Waals surface area contributed by atoms with Crippen LogP contribution in [0.15, 0.2) is 23.0 Å². The summed E-state index contributed by atoms with van der Waals surface area (Å²) in [6.07, 6.45) is 0.969. The number of pyridine rings is 1. The lowest BCUT2D eigenvalue weighted by Gasteiger charge is -2.08. The maximum absolute atomic E-state index is 13.7. The van der Waals surface area contributed by atoms with Gasteiger partial charge in [0.05, 0.1) is 16.8 Å². The van der Waals surface area contributed by atoms with Crippen molar-refractivity contribution in [2.24, 2.45) is 5.73 Å². The Morgan fingerprint density at radius 3 is 2.94 bits per heavy atom. The topological polar surface area (TPSA) is 76.0 Å². The number of aromatic amines is 1. The molecule has 2 aromatic rings. The molecule has 4 nitrogen and oxygen atoms in total. The number of primary amides is 1. The Kier molecular flexibility index (Phi) is 2.23. The van der Waals surface area contributed by atoms with Crippen LogP contribution in [0.4, 0.5) is 4.39 Å². The Bertz CT molecular complexity index is 721. The van der Waals surface area contributed by atoms with E-state index in [1.165, 1.54) is 12.1 Å². The number of nitrogens with one attached hydrogen (secondary N) is 1. The molecule has 3 N–H and O–H groups in total. The SMILES string of the molecule is NC(=O)[C@@H]1CCc2c1[nH]c1cccc(F)c1c2=O. The third-order valence-electron chi connectivity index (χ3n) is 3.48. The zero-order chi connectivity index (χ0) is 12.9. The van der Waals surface area contributed by atoms with Crippen LogP contribution in [0, 0.1) is 5.82 Å². The van der Waals surface area contributed by atoms with Crippen LogP contribution < -0.4 is 11.2 Å². The van der Waals surface area contributed by atoms with Gasteiger partial charge in [0.1, 0.15) is 5.82 Å². The molecule has 1 aliphatic rings. The first-order valence-electron chi connectivity index (χ1n) is 5.72. The lowest BCUT2D eigenvalue weighted by Crippen LogP contribution is -2.21. The van der Waals surface area contributed by atoms with E-state index in [-0.39, 0.29) is 10.8 Å². The van der Waals surface area contributed by atoms with Gasteiger partial charge in [0.15, 0.2) is 5.43 Å². The minimum atomic E-state index is -0.543. The van der Waals surface area contributed by atoms with Crippen molar-refractivity contribution >= 4 is 16.8 Å². The predicted molar refractivity (Wildman–Crippen MR) is 64.8 cm³/mol. The molecule has 0 radical (unpaired) electrons. The van der Waals surface area contributed by atoms with Crippen molar-refractivity contribution < 1.29 is 9.18 Å². The molecule has 5 heteroatoms. The van der Waals surface area contributed by atoms with Gasteiger partial charge in [-0.1, -0.05) is 6.07 Å². The van der Waals surface area contributed by atoms with E-state index in [0.717, 1.165) is 0 Å². The molecule has 0 aliphatic heterocycles. The summed E-state index contributed by atoms with van der Waals surface area (Å²) in [5.41, 5.74) is 6.41. The van der Waals surface area contributed by atoms with E-state index >= 15 is 0 Å². The zero-order valence-electron chi connectivity index (χ0n) is 9.50. The lowest BCUT2D eigenvalue weighted by atomic mass is 10.0. The van der Waals surface area contributed by atoms with Gasteiger partial charge in [0, 0.05) is 11.3 Å². The summed E-state index contributed by atoms with van der Waals surface area (Å²) in [5, 5.41) is 0.0568. The summed E-state index contributed by atoms with van der Waals surface area (Å²) in [4.78, 5) is 26.5. The number of aromatic nitrogens is 1. The molecule has 3 rings (SSSR count). The fraction of sp³-hybridized carbons (Fsp3) is 0.231. The highest BCUT2D eigenvalue weighted by Crippen LogP contribution is 2.31. The maximum Gasteiger partial charge on any atom is 0.226 e. The molecule has 0 fully saturated rings. The highest BCUT2D eigenvalue weighted by molar-refractivity contribution is 5.86. The van der Waals surface area contributed by atoms with E-state index in [1.54, 1.807) is 6.07 Å². The van der Waals surface area contributed by atoms with Gasteiger partial charge in [-0.15, -0.1) is 0 Å². The van der Waals surface area contributed by atoms with Crippen LogP contribution in [-0.4, -0.2) is 10.9 Å². The number of nitrogens with two attached hydrogens (primary N) is 1. The van der Waals surface area contributed by atoms with E-state index < -0.39 is 17.6 Å². The minimum Gasteiger partial charge on any atom is -0.369 e. The average molecular weight is 246 g/mol. The standard InChI is InChI=1S/C13H11FN2O2/c14-8-2-1-3-9-10(8)12(17)6-4-5-7(13(15)18)11(6)16-9/h1-3,7H,4-5H2,(H2,15,18)(H,16,17)/t7-/m1/s1.